The van der Waals surface area contributed by atoms with Crippen molar-refractivity contribution in [2.45, 2.75) is 26.3 Å². The van der Waals surface area contributed by atoms with Crippen molar-refractivity contribution in [1.82, 2.24) is 4.90 Å². The Kier molecular flexibility index (Phi) is 4.66. The number of aryl methyl sites for hydroxylation is 1. The van der Waals surface area contributed by atoms with Gasteiger partial charge in [0.2, 0.25) is 0 Å². The number of benzene rings is 1. The minimum Gasteiger partial charge on any atom is -0.467 e. The Hall–Kier alpha value is -2.60. The number of carbonyl (C=O) groups excluding carboxylic acids is 2. The highest BCUT2D eigenvalue weighted by Crippen LogP contribution is 2.24. The zero-order valence-electron chi connectivity index (χ0n) is 13.7. The molecule has 6 heteroatoms. The number of hydrogen-bond acceptors (Lipinski definition) is 4. The van der Waals surface area contributed by atoms with Crippen LogP contribution in [0, 0.1) is 6.92 Å². The molecule has 0 atom stereocenters. The summed E-state index contributed by atoms with van der Waals surface area (Å²) in [7, 11) is 0. The number of rotatable bonds is 4. The van der Waals surface area contributed by atoms with Gasteiger partial charge >= 0.3 is 0 Å². The third-order valence-corrected chi connectivity index (χ3v) is 4.25. The van der Waals surface area contributed by atoms with Gasteiger partial charge in [-0.15, -0.1) is 0 Å². The molecule has 0 radical (unpaired) electrons. The third-order valence-electron chi connectivity index (χ3n) is 4.25. The lowest BCUT2D eigenvalue weighted by Gasteiger charge is -2.19. The fourth-order valence-electron chi connectivity index (χ4n) is 2.94. The molecular formula is C18H21N3O3. The van der Waals surface area contributed by atoms with E-state index >= 15 is 0 Å². The first kappa shape index (κ1) is 16.3. The van der Waals surface area contributed by atoms with Crippen LogP contribution < -0.4 is 11.1 Å². The van der Waals surface area contributed by atoms with E-state index in [0.29, 0.717) is 22.6 Å². The maximum Gasteiger partial charge on any atom is 0.258 e. The zero-order valence-corrected chi connectivity index (χ0v) is 13.7. The Morgan fingerprint density at radius 3 is 2.71 bits per heavy atom. The summed E-state index contributed by atoms with van der Waals surface area (Å²) in [5.41, 5.74) is 7.80. The van der Waals surface area contributed by atoms with Crippen LogP contribution in [0.4, 0.5) is 5.69 Å². The summed E-state index contributed by atoms with van der Waals surface area (Å²) < 4.78 is 5.19. The van der Waals surface area contributed by atoms with Crippen LogP contribution in [0.15, 0.2) is 34.9 Å². The fourth-order valence-corrected chi connectivity index (χ4v) is 2.94. The van der Waals surface area contributed by atoms with Gasteiger partial charge in [0.25, 0.3) is 11.8 Å². The molecule has 0 bridgehead atoms. The SMILES string of the molecule is Cc1cccc(NC(=O)c2coc(CN)c2)c1C(=O)N1CCCC1. The molecule has 1 aromatic heterocycles. The molecule has 24 heavy (non-hydrogen) atoms. The Morgan fingerprint density at radius 2 is 2.04 bits per heavy atom. The van der Waals surface area contributed by atoms with Crippen molar-refractivity contribution >= 4 is 17.5 Å². The summed E-state index contributed by atoms with van der Waals surface area (Å²) in [6.45, 7) is 3.64. The average Bonchev–Trinajstić information content (AvgIpc) is 3.26. The first-order valence-corrected chi connectivity index (χ1v) is 8.08. The van der Waals surface area contributed by atoms with Gasteiger partial charge in [0.05, 0.1) is 23.4 Å². The van der Waals surface area contributed by atoms with Gasteiger partial charge in [-0.25, -0.2) is 0 Å². The summed E-state index contributed by atoms with van der Waals surface area (Å²) in [6, 6.07) is 7.06. The minimum atomic E-state index is -0.320. The van der Waals surface area contributed by atoms with E-state index in [0.717, 1.165) is 31.5 Å². The number of carbonyl (C=O) groups is 2. The van der Waals surface area contributed by atoms with Gasteiger partial charge in [-0.2, -0.15) is 0 Å². The Labute approximate surface area is 140 Å². The van der Waals surface area contributed by atoms with Crippen LogP contribution in [0.25, 0.3) is 0 Å². The first-order valence-electron chi connectivity index (χ1n) is 8.08. The number of furan rings is 1. The molecule has 2 aromatic rings. The number of anilines is 1. The first-order chi connectivity index (χ1) is 11.6. The molecule has 3 N–H and O–H groups in total. The Bertz CT molecular complexity index is 761. The smallest absolute Gasteiger partial charge is 0.258 e. The summed E-state index contributed by atoms with van der Waals surface area (Å²) in [6.07, 6.45) is 3.42. The van der Waals surface area contributed by atoms with E-state index < -0.39 is 0 Å². The van der Waals surface area contributed by atoms with E-state index in [-0.39, 0.29) is 18.4 Å². The van der Waals surface area contributed by atoms with Gasteiger partial charge in [-0.05, 0) is 37.5 Å². The number of nitrogens with zero attached hydrogens (tertiary/aromatic N) is 1. The van der Waals surface area contributed by atoms with Crippen LogP contribution in [-0.4, -0.2) is 29.8 Å². The van der Waals surface area contributed by atoms with Gasteiger partial charge in [0, 0.05) is 13.1 Å². The number of amides is 2. The lowest BCUT2D eigenvalue weighted by molar-refractivity contribution is 0.0793. The van der Waals surface area contributed by atoms with Crippen LogP contribution in [0.3, 0.4) is 0 Å². The van der Waals surface area contributed by atoms with Gasteiger partial charge in [0.1, 0.15) is 12.0 Å². The minimum absolute atomic E-state index is 0.0317. The predicted molar refractivity (Wildman–Crippen MR) is 90.9 cm³/mol. The van der Waals surface area contributed by atoms with Crippen LogP contribution in [0.1, 0.15) is 44.9 Å². The second-order valence-corrected chi connectivity index (χ2v) is 5.96. The summed E-state index contributed by atoms with van der Waals surface area (Å²) >= 11 is 0. The number of hydrogen-bond donors (Lipinski definition) is 2. The van der Waals surface area contributed by atoms with E-state index in [2.05, 4.69) is 5.32 Å². The van der Waals surface area contributed by atoms with Crippen molar-refractivity contribution in [3.05, 3.63) is 53.0 Å². The second kappa shape index (κ2) is 6.88. The van der Waals surface area contributed by atoms with Crippen molar-refractivity contribution < 1.29 is 14.0 Å². The van der Waals surface area contributed by atoms with Gasteiger partial charge in [0.15, 0.2) is 0 Å². The van der Waals surface area contributed by atoms with Gasteiger partial charge in [-0.3, -0.25) is 9.59 Å². The summed E-state index contributed by atoms with van der Waals surface area (Å²) in [5.74, 6) is 0.188. The number of nitrogens with one attached hydrogen (secondary N) is 1. The van der Waals surface area contributed by atoms with E-state index in [9.17, 15) is 9.59 Å². The van der Waals surface area contributed by atoms with Crippen molar-refractivity contribution in [3.8, 4) is 0 Å². The normalized spacial score (nSPS) is 14.0. The fraction of sp³-hybridized carbons (Fsp3) is 0.333. The second-order valence-electron chi connectivity index (χ2n) is 5.96. The van der Waals surface area contributed by atoms with Crippen molar-refractivity contribution in [3.63, 3.8) is 0 Å². The van der Waals surface area contributed by atoms with E-state index in [4.69, 9.17) is 10.2 Å². The monoisotopic (exact) mass is 327 g/mol. The maximum absolute atomic E-state index is 12.8. The molecule has 0 spiro atoms. The molecule has 1 aliphatic rings. The average molecular weight is 327 g/mol. The number of nitrogens with two attached hydrogens (primary N) is 1. The molecule has 1 saturated heterocycles. The molecule has 0 aliphatic carbocycles. The van der Waals surface area contributed by atoms with Gasteiger partial charge < -0.3 is 20.4 Å². The third kappa shape index (κ3) is 3.19. The largest absolute Gasteiger partial charge is 0.467 e. The van der Waals surface area contributed by atoms with Crippen LogP contribution in [0.5, 0.6) is 0 Å². The summed E-state index contributed by atoms with van der Waals surface area (Å²) in [5, 5.41) is 2.82. The molecule has 0 saturated carbocycles. The number of likely N-dealkylation sites (tertiary alicyclic amines) is 1. The zero-order chi connectivity index (χ0) is 17.1. The van der Waals surface area contributed by atoms with Crippen LogP contribution in [-0.2, 0) is 6.54 Å². The van der Waals surface area contributed by atoms with E-state index in [1.165, 1.54) is 6.26 Å². The van der Waals surface area contributed by atoms with E-state index in [1.807, 2.05) is 24.0 Å². The molecule has 6 nitrogen and oxygen atoms in total. The Morgan fingerprint density at radius 1 is 1.29 bits per heavy atom. The van der Waals surface area contributed by atoms with Crippen LogP contribution >= 0.6 is 0 Å². The quantitative estimate of drug-likeness (QED) is 0.903. The van der Waals surface area contributed by atoms with Crippen molar-refractivity contribution in [2.75, 3.05) is 18.4 Å². The molecule has 126 valence electrons. The lowest BCUT2D eigenvalue weighted by atomic mass is 10.0. The van der Waals surface area contributed by atoms with Crippen LogP contribution in [0.2, 0.25) is 0 Å². The highest BCUT2D eigenvalue weighted by Gasteiger charge is 2.24. The highest BCUT2D eigenvalue weighted by atomic mass is 16.3. The van der Waals surface area contributed by atoms with Crippen molar-refractivity contribution in [2.24, 2.45) is 5.73 Å². The molecular weight excluding hydrogens is 306 g/mol. The molecule has 1 aromatic carbocycles. The molecule has 2 amide bonds. The Balaban J connectivity index is 1.86. The van der Waals surface area contributed by atoms with E-state index in [1.54, 1.807) is 12.1 Å². The molecule has 3 rings (SSSR count). The molecule has 2 heterocycles. The topological polar surface area (TPSA) is 88.6 Å². The predicted octanol–water partition coefficient (Wildman–Crippen LogP) is 2.54. The van der Waals surface area contributed by atoms with Crippen molar-refractivity contribution in [1.29, 1.82) is 0 Å². The lowest BCUT2D eigenvalue weighted by Crippen LogP contribution is -2.29. The molecule has 1 fully saturated rings. The standard InChI is InChI=1S/C18H21N3O3/c1-12-5-4-6-15(16(12)18(23)21-7-2-3-8-21)20-17(22)13-9-14(10-19)24-11-13/h4-6,9,11H,2-3,7-8,10,19H2,1H3,(H,20,22). The molecule has 0 unspecified atom stereocenters. The van der Waals surface area contributed by atoms with Gasteiger partial charge in [-0.1, -0.05) is 12.1 Å². The maximum atomic E-state index is 12.8. The summed E-state index contributed by atoms with van der Waals surface area (Å²) in [4.78, 5) is 27.0. The molecule has 1 aliphatic heterocycles. The highest BCUT2D eigenvalue weighted by molar-refractivity contribution is 6.09.